The van der Waals surface area contributed by atoms with Gasteiger partial charge in [-0.1, -0.05) is 0 Å². The highest BCUT2D eigenvalue weighted by Gasteiger charge is 2.31. The molecule has 5 amide bonds. The molecule has 0 aliphatic carbocycles. The van der Waals surface area contributed by atoms with Crippen molar-refractivity contribution in [2.45, 2.75) is 56.3 Å². The molecule has 0 saturated heterocycles. The third kappa shape index (κ3) is 11.5. The molecule has 32 heavy (non-hydrogen) atoms. The lowest BCUT2D eigenvalue weighted by Gasteiger charge is -2.24. The highest BCUT2D eigenvalue weighted by molar-refractivity contribution is 7.80. The molecule has 0 radical (unpaired) electrons. The minimum Gasteiger partial charge on any atom is -0.480 e. The normalized spacial score (nSPS) is 14.3. The number of hydrogen-bond acceptors (Lipinski definition) is 9. The predicted molar refractivity (Wildman–Crippen MR) is 116 cm³/mol. The topological polar surface area (TPSA) is 263 Å². The van der Waals surface area contributed by atoms with E-state index in [-0.39, 0.29) is 12.2 Å². The number of aliphatic carboxylic acids is 1. The molecule has 12 N–H and O–H groups in total. The Morgan fingerprint density at radius 3 is 1.72 bits per heavy atom. The molecule has 182 valence electrons. The van der Waals surface area contributed by atoms with E-state index < -0.39 is 72.5 Å². The van der Waals surface area contributed by atoms with Crippen LogP contribution < -0.4 is 38.9 Å². The number of nitrogens with two attached hydrogens (primary N) is 4. The fourth-order valence-electron chi connectivity index (χ4n) is 2.48. The van der Waals surface area contributed by atoms with Crippen LogP contribution in [0.2, 0.25) is 0 Å². The SMILES string of the molecule is NCCCCC(NC(=O)C(N)CS)C(=O)NC(CC(N)=O)C(=O)NC(CC(N)=O)C(=O)O. The number of carbonyl (C=O) groups excluding carboxylic acids is 5. The molecule has 0 aromatic carbocycles. The van der Waals surface area contributed by atoms with Gasteiger partial charge in [0.1, 0.15) is 18.1 Å². The van der Waals surface area contributed by atoms with Crippen molar-refractivity contribution in [3.8, 4) is 0 Å². The molecule has 4 atom stereocenters. The molecular weight excluding hydrogens is 446 g/mol. The molecule has 0 aromatic rings. The van der Waals surface area contributed by atoms with Crippen LogP contribution in [0.5, 0.6) is 0 Å². The highest BCUT2D eigenvalue weighted by Crippen LogP contribution is 2.04. The number of carboxylic acid groups (broad SMARTS) is 1. The van der Waals surface area contributed by atoms with Crippen LogP contribution in [0.3, 0.4) is 0 Å². The molecule has 15 heteroatoms. The Balaban J connectivity index is 5.49. The number of nitrogens with one attached hydrogen (secondary N) is 3. The number of amides is 5. The van der Waals surface area contributed by atoms with Crippen LogP contribution >= 0.6 is 12.6 Å². The second-order valence-electron chi connectivity index (χ2n) is 6.94. The van der Waals surface area contributed by atoms with Gasteiger partial charge in [-0.25, -0.2) is 4.79 Å². The molecule has 0 aliphatic rings. The predicted octanol–water partition coefficient (Wildman–Crippen LogP) is -4.34. The summed E-state index contributed by atoms with van der Waals surface area (Å²) >= 11 is 3.92. The van der Waals surface area contributed by atoms with Gasteiger partial charge in [0, 0.05) is 5.75 Å². The number of hydrogen-bond donors (Lipinski definition) is 9. The van der Waals surface area contributed by atoms with Gasteiger partial charge in [-0.2, -0.15) is 12.6 Å². The zero-order valence-electron chi connectivity index (χ0n) is 17.4. The van der Waals surface area contributed by atoms with Crippen LogP contribution in [-0.4, -0.2) is 77.1 Å². The Hall–Kier alpha value is -2.91. The van der Waals surface area contributed by atoms with Gasteiger partial charge in [-0.3, -0.25) is 24.0 Å². The van der Waals surface area contributed by atoms with E-state index in [0.29, 0.717) is 19.4 Å². The fraction of sp³-hybridized carbons (Fsp3) is 0.647. The summed E-state index contributed by atoms with van der Waals surface area (Å²) < 4.78 is 0. The second kappa shape index (κ2) is 15.0. The van der Waals surface area contributed by atoms with Gasteiger partial charge in [0.2, 0.25) is 29.5 Å². The maximum atomic E-state index is 12.7. The number of carboxylic acids is 1. The number of rotatable bonds is 16. The Morgan fingerprint density at radius 2 is 1.25 bits per heavy atom. The van der Waals surface area contributed by atoms with Gasteiger partial charge in [0.15, 0.2) is 0 Å². The largest absolute Gasteiger partial charge is 0.480 e. The lowest BCUT2D eigenvalue weighted by Crippen LogP contribution is -2.58. The van der Waals surface area contributed by atoms with Gasteiger partial charge in [-0.05, 0) is 25.8 Å². The first-order valence-electron chi connectivity index (χ1n) is 9.69. The molecular formula is C17H31N7O7S. The first-order chi connectivity index (χ1) is 14.9. The Bertz CT molecular complexity index is 707. The highest BCUT2D eigenvalue weighted by atomic mass is 32.1. The Labute approximate surface area is 190 Å². The summed E-state index contributed by atoms with van der Waals surface area (Å²) in [7, 11) is 0. The summed E-state index contributed by atoms with van der Waals surface area (Å²) in [5, 5.41) is 15.9. The van der Waals surface area contributed by atoms with Crippen LogP contribution in [0.25, 0.3) is 0 Å². The van der Waals surface area contributed by atoms with Gasteiger partial charge in [0.25, 0.3) is 0 Å². The fourth-order valence-corrected chi connectivity index (χ4v) is 2.65. The first-order valence-corrected chi connectivity index (χ1v) is 10.3. The molecule has 0 bridgehead atoms. The molecule has 0 spiro atoms. The van der Waals surface area contributed by atoms with Crippen LogP contribution in [0.15, 0.2) is 0 Å². The molecule has 0 saturated carbocycles. The van der Waals surface area contributed by atoms with Crippen molar-refractivity contribution >= 4 is 48.1 Å². The zero-order valence-corrected chi connectivity index (χ0v) is 18.3. The summed E-state index contributed by atoms with van der Waals surface area (Å²) in [5.41, 5.74) is 21.1. The van der Waals surface area contributed by atoms with E-state index >= 15 is 0 Å². The third-order valence-corrected chi connectivity index (χ3v) is 4.56. The number of primary amides is 2. The number of carbonyl (C=O) groups is 6. The van der Waals surface area contributed by atoms with E-state index in [1.807, 2.05) is 5.32 Å². The average Bonchev–Trinajstić information content (AvgIpc) is 2.70. The molecule has 0 rings (SSSR count). The maximum Gasteiger partial charge on any atom is 0.326 e. The van der Waals surface area contributed by atoms with Crippen LogP contribution in [-0.2, 0) is 28.8 Å². The van der Waals surface area contributed by atoms with E-state index in [9.17, 15) is 28.8 Å². The maximum absolute atomic E-state index is 12.7. The second-order valence-corrected chi connectivity index (χ2v) is 7.30. The third-order valence-electron chi connectivity index (χ3n) is 4.17. The van der Waals surface area contributed by atoms with Crippen molar-refractivity contribution in [2.24, 2.45) is 22.9 Å². The van der Waals surface area contributed by atoms with Gasteiger partial charge in [-0.15, -0.1) is 0 Å². The lowest BCUT2D eigenvalue weighted by molar-refractivity contribution is -0.144. The van der Waals surface area contributed by atoms with E-state index in [0.717, 1.165) is 0 Å². The molecule has 0 aliphatic heterocycles. The smallest absolute Gasteiger partial charge is 0.326 e. The van der Waals surface area contributed by atoms with Crippen LogP contribution in [0.4, 0.5) is 0 Å². The van der Waals surface area contributed by atoms with Crippen molar-refractivity contribution in [3.05, 3.63) is 0 Å². The monoisotopic (exact) mass is 477 g/mol. The van der Waals surface area contributed by atoms with Crippen molar-refractivity contribution in [2.75, 3.05) is 12.3 Å². The lowest BCUT2D eigenvalue weighted by atomic mass is 10.1. The standard InChI is InChI=1S/C17H31N7O7S/c18-4-2-1-3-9(22-14(27)8(19)7-32)15(28)23-10(5-12(20)25)16(29)24-11(17(30)31)6-13(21)26/h8-11,32H,1-7,18-19H2,(H2,20,25)(H2,21,26)(H,22,27)(H,23,28)(H,24,29)(H,30,31). The van der Waals surface area contributed by atoms with Crippen molar-refractivity contribution in [1.29, 1.82) is 0 Å². The number of unbranched alkanes of at least 4 members (excludes halogenated alkanes) is 1. The Kier molecular flexibility index (Phi) is 13.6. The van der Waals surface area contributed by atoms with E-state index in [1.54, 1.807) is 0 Å². The summed E-state index contributed by atoms with van der Waals surface area (Å²) in [6.07, 6.45) is -0.218. The number of thiol groups is 1. The van der Waals surface area contributed by atoms with Crippen LogP contribution in [0, 0.1) is 0 Å². The van der Waals surface area contributed by atoms with Crippen molar-refractivity contribution in [1.82, 2.24) is 16.0 Å². The summed E-state index contributed by atoms with van der Waals surface area (Å²) in [6.45, 7) is 0.349. The van der Waals surface area contributed by atoms with Crippen LogP contribution in [0.1, 0.15) is 32.1 Å². The molecule has 0 fully saturated rings. The Morgan fingerprint density at radius 1 is 0.781 bits per heavy atom. The minimum absolute atomic E-state index is 0.0200. The van der Waals surface area contributed by atoms with E-state index in [2.05, 4.69) is 23.3 Å². The van der Waals surface area contributed by atoms with E-state index in [1.165, 1.54) is 0 Å². The molecule has 14 nitrogen and oxygen atoms in total. The van der Waals surface area contributed by atoms with E-state index in [4.69, 9.17) is 28.0 Å². The summed E-state index contributed by atoms with van der Waals surface area (Å²) in [5.74, 6) is -6.05. The summed E-state index contributed by atoms with van der Waals surface area (Å²) in [6, 6.07) is -5.36. The molecule has 0 heterocycles. The van der Waals surface area contributed by atoms with Gasteiger partial charge in [0.05, 0.1) is 18.9 Å². The average molecular weight is 478 g/mol. The summed E-state index contributed by atoms with van der Waals surface area (Å²) in [4.78, 5) is 70.9. The van der Waals surface area contributed by atoms with Crippen molar-refractivity contribution in [3.63, 3.8) is 0 Å². The zero-order chi connectivity index (χ0) is 24.8. The van der Waals surface area contributed by atoms with Gasteiger partial charge < -0.3 is 44.0 Å². The van der Waals surface area contributed by atoms with Crippen molar-refractivity contribution < 1.29 is 33.9 Å². The molecule has 0 aromatic heterocycles. The first kappa shape index (κ1) is 29.1. The quantitative estimate of drug-likeness (QED) is 0.0767. The molecule has 4 unspecified atom stereocenters. The van der Waals surface area contributed by atoms with Gasteiger partial charge >= 0.3 is 5.97 Å². The minimum atomic E-state index is -1.68.